The summed E-state index contributed by atoms with van der Waals surface area (Å²) < 4.78 is 13.8. The highest BCUT2D eigenvalue weighted by molar-refractivity contribution is 5.62. The van der Waals surface area contributed by atoms with Crippen LogP contribution in [-0.4, -0.2) is 9.97 Å². The topological polar surface area (TPSA) is 54.7 Å². The van der Waals surface area contributed by atoms with Gasteiger partial charge in [-0.2, -0.15) is 0 Å². The Morgan fingerprint density at radius 1 is 1.37 bits per heavy atom. The van der Waals surface area contributed by atoms with Gasteiger partial charge in [0.2, 0.25) is 0 Å². The first-order valence-electron chi connectivity index (χ1n) is 6.70. The van der Waals surface area contributed by atoms with Crippen LogP contribution in [0.5, 0.6) is 0 Å². The number of unbranched alkanes of at least 4 members (excludes halogenated alkanes) is 1. The summed E-state index contributed by atoms with van der Waals surface area (Å²) in [6.45, 7) is 4.02. The predicted octanol–water partition coefficient (Wildman–Crippen LogP) is 3.71. The van der Waals surface area contributed by atoms with Gasteiger partial charge in [-0.05, 0) is 25.5 Å². The van der Waals surface area contributed by atoms with Crippen molar-refractivity contribution in [2.45, 2.75) is 39.2 Å². The lowest BCUT2D eigenvalue weighted by molar-refractivity contribution is 0.579. The number of nitrogens with two attached hydrogens (primary N) is 1. The number of benzene rings is 1. The van der Waals surface area contributed by atoms with Crippen LogP contribution in [0.25, 0.3) is 11.3 Å². The molecule has 0 saturated carbocycles. The van der Waals surface area contributed by atoms with Gasteiger partial charge in [-0.15, -0.1) is 0 Å². The van der Waals surface area contributed by atoms with E-state index >= 15 is 0 Å². The second-order valence-electron chi connectivity index (χ2n) is 4.82. The molecular weight excluding hydrogens is 241 g/mol. The summed E-state index contributed by atoms with van der Waals surface area (Å²) >= 11 is 0. The second kappa shape index (κ2) is 5.97. The van der Waals surface area contributed by atoms with E-state index in [-0.39, 0.29) is 11.9 Å². The molecule has 0 amide bonds. The predicted molar refractivity (Wildman–Crippen MR) is 75.2 cm³/mol. The molecule has 0 spiro atoms. The third-order valence-electron chi connectivity index (χ3n) is 3.25. The molecule has 2 rings (SSSR count). The lowest BCUT2D eigenvalue weighted by atomic mass is 10.1. The summed E-state index contributed by atoms with van der Waals surface area (Å²) in [5, 5.41) is 0. The summed E-state index contributed by atoms with van der Waals surface area (Å²) in [5.74, 6) is 0.481. The molecule has 0 fully saturated rings. The number of aryl methyl sites for hydroxylation is 1. The first-order valence-corrected chi connectivity index (χ1v) is 6.70. The van der Waals surface area contributed by atoms with Gasteiger partial charge >= 0.3 is 0 Å². The Kier molecular flexibility index (Phi) is 4.32. The third kappa shape index (κ3) is 3.01. The number of rotatable bonds is 5. The summed E-state index contributed by atoms with van der Waals surface area (Å²) in [7, 11) is 0. The van der Waals surface area contributed by atoms with Gasteiger partial charge in [0.05, 0.1) is 11.7 Å². The van der Waals surface area contributed by atoms with Crippen molar-refractivity contribution in [3.8, 4) is 11.3 Å². The molecule has 0 aliphatic rings. The molecule has 0 radical (unpaired) electrons. The summed E-state index contributed by atoms with van der Waals surface area (Å²) in [6, 6.07) is 6.55. The number of aromatic amines is 1. The summed E-state index contributed by atoms with van der Waals surface area (Å²) in [5.41, 5.74) is 8.12. The van der Waals surface area contributed by atoms with E-state index in [1.54, 1.807) is 12.1 Å². The largest absolute Gasteiger partial charge is 0.344 e. The van der Waals surface area contributed by atoms with Gasteiger partial charge in [-0.25, -0.2) is 9.37 Å². The number of nitrogens with zero attached hydrogens (tertiary/aromatic N) is 1. The molecule has 3 nitrogen and oxygen atoms in total. The monoisotopic (exact) mass is 261 g/mol. The van der Waals surface area contributed by atoms with E-state index in [1.165, 1.54) is 6.07 Å². The normalized spacial score (nSPS) is 12.6. The van der Waals surface area contributed by atoms with Crippen molar-refractivity contribution < 1.29 is 4.39 Å². The van der Waals surface area contributed by atoms with Crippen LogP contribution in [0.4, 0.5) is 4.39 Å². The molecule has 1 aromatic carbocycles. The van der Waals surface area contributed by atoms with Crippen molar-refractivity contribution in [3.63, 3.8) is 0 Å². The molecule has 1 unspecified atom stereocenters. The lowest BCUT2D eigenvalue weighted by Gasteiger charge is -2.06. The maximum absolute atomic E-state index is 13.8. The highest BCUT2D eigenvalue weighted by Gasteiger charge is 2.16. The molecule has 1 heterocycles. The van der Waals surface area contributed by atoms with E-state index in [9.17, 15) is 4.39 Å². The molecule has 102 valence electrons. The Balaban J connectivity index is 2.29. The van der Waals surface area contributed by atoms with Crippen molar-refractivity contribution in [3.05, 3.63) is 41.6 Å². The SMILES string of the molecule is CCCCC(N)c1nc(-c2ccccc2F)c(C)[nH]1. The average molecular weight is 261 g/mol. The van der Waals surface area contributed by atoms with Crippen molar-refractivity contribution >= 4 is 0 Å². The maximum Gasteiger partial charge on any atom is 0.132 e. The smallest absolute Gasteiger partial charge is 0.132 e. The van der Waals surface area contributed by atoms with Crippen molar-refractivity contribution in [2.24, 2.45) is 5.73 Å². The third-order valence-corrected chi connectivity index (χ3v) is 3.25. The van der Waals surface area contributed by atoms with Crippen LogP contribution in [0, 0.1) is 12.7 Å². The van der Waals surface area contributed by atoms with Gasteiger partial charge in [0.25, 0.3) is 0 Å². The Hall–Kier alpha value is -1.68. The van der Waals surface area contributed by atoms with E-state index in [1.807, 2.05) is 13.0 Å². The van der Waals surface area contributed by atoms with Crippen molar-refractivity contribution in [2.75, 3.05) is 0 Å². The molecule has 3 N–H and O–H groups in total. The lowest BCUT2D eigenvalue weighted by Crippen LogP contribution is -2.11. The first kappa shape index (κ1) is 13.7. The Morgan fingerprint density at radius 3 is 2.79 bits per heavy atom. The van der Waals surface area contributed by atoms with E-state index in [2.05, 4.69) is 16.9 Å². The number of imidazole rings is 1. The van der Waals surface area contributed by atoms with Gasteiger partial charge in [-0.1, -0.05) is 31.9 Å². The zero-order valence-electron chi connectivity index (χ0n) is 11.4. The average Bonchev–Trinajstić information content (AvgIpc) is 2.78. The van der Waals surface area contributed by atoms with Crippen LogP contribution in [0.3, 0.4) is 0 Å². The molecule has 2 aromatic rings. The Morgan fingerprint density at radius 2 is 2.11 bits per heavy atom. The molecule has 1 aromatic heterocycles. The van der Waals surface area contributed by atoms with Gasteiger partial charge < -0.3 is 10.7 Å². The van der Waals surface area contributed by atoms with Crippen LogP contribution in [-0.2, 0) is 0 Å². The zero-order valence-corrected chi connectivity index (χ0v) is 11.4. The van der Waals surface area contributed by atoms with E-state index in [0.717, 1.165) is 30.8 Å². The van der Waals surface area contributed by atoms with Crippen LogP contribution in [0.15, 0.2) is 24.3 Å². The van der Waals surface area contributed by atoms with Gasteiger partial charge in [-0.3, -0.25) is 0 Å². The first-order chi connectivity index (χ1) is 9.13. The highest BCUT2D eigenvalue weighted by Crippen LogP contribution is 2.26. The van der Waals surface area contributed by atoms with E-state index < -0.39 is 0 Å². The quantitative estimate of drug-likeness (QED) is 0.862. The van der Waals surface area contributed by atoms with E-state index in [0.29, 0.717) is 11.3 Å². The zero-order chi connectivity index (χ0) is 13.8. The minimum Gasteiger partial charge on any atom is -0.344 e. The highest BCUT2D eigenvalue weighted by atomic mass is 19.1. The molecule has 0 bridgehead atoms. The number of aromatic nitrogens is 2. The minimum atomic E-state index is -0.259. The molecule has 0 aliphatic heterocycles. The maximum atomic E-state index is 13.8. The summed E-state index contributed by atoms with van der Waals surface area (Å²) in [6.07, 6.45) is 3.06. The number of hydrogen-bond acceptors (Lipinski definition) is 2. The number of H-pyrrole nitrogens is 1. The minimum absolute atomic E-state index is 0.112. The Bertz CT molecular complexity index is 548. The second-order valence-corrected chi connectivity index (χ2v) is 4.82. The van der Waals surface area contributed by atoms with Crippen LogP contribution < -0.4 is 5.73 Å². The standard InChI is InChI=1S/C15H20FN3/c1-3-4-9-13(17)15-18-10(2)14(19-15)11-7-5-6-8-12(11)16/h5-8,13H,3-4,9,17H2,1-2H3,(H,18,19). The van der Waals surface area contributed by atoms with Gasteiger partial charge in [0.15, 0.2) is 0 Å². The molecule has 0 saturated heterocycles. The van der Waals surface area contributed by atoms with Crippen LogP contribution >= 0.6 is 0 Å². The van der Waals surface area contributed by atoms with E-state index in [4.69, 9.17) is 5.73 Å². The summed E-state index contributed by atoms with van der Waals surface area (Å²) in [4.78, 5) is 7.65. The molecule has 0 aliphatic carbocycles. The van der Waals surface area contributed by atoms with Crippen LogP contribution in [0.1, 0.15) is 43.7 Å². The van der Waals surface area contributed by atoms with Crippen molar-refractivity contribution in [1.29, 1.82) is 0 Å². The number of halogens is 1. The fourth-order valence-corrected chi connectivity index (χ4v) is 2.14. The molecule has 19 heavy (non-hydrogen) atoms. The van der Waals surface area contributed by atoms with Crippen molar-refractivity contribution in [1.82, 2.24) is 9.97 Å². The molecule has 4 heteroatoms. The van der Waals surface area contributed by atoms with Crippen LogP contribution in [0.2, 0.25) is 0 Å². The number of hydrogen-bond donors (Lipinski definition) is 2. The fraction of sp³-hybridized carbons (Fsp3) is 0.400. The van der Waals surface area contributed by atoms with Gasteiger partial charge in [0, 0.05) is 11.3 Å². The van der Waals surface area contributed by atoms with Gasteiger partial charge in [0.1, 0.15) is 11.6 Å². The fourth-order valence-electron chi connectivity index (χ4n) is 2.14. The molecule has 1 atom stereocenters. The molecular formula is C15H20FN3. The number of nitrogens with one attached hydrogen (secondary N) is 1. The Labute approximate surface area is 113 Å².